The van der Waals surface area contributed by atoms with Crippen LogP contribution in [0.1, 0.15) is 29.7 Å². The standard InChI is InChI=1S/C23H19F3N6O4S/c1-13-18(11-28)21(17-7-6-14(10-27)8-19(17)37(35,36)30-12-20(29)33)31(2)22(34)32(13)16-5-3-4-15(9-16)23(24,25)26/h3-9,21,30H,12H2,1-2H3,(H2,29,33). The maximum Gasteiger partial charge on any atom is 0.416 e. The molecule has 0 saturated carbocycles. The number of alkyl halides is 3. The van der Waals surface area contributed by atoms with Crippen LogP contribution in [0.2, 0.25) is 0 Å². The molecule has 0 fully saturated rings. The molecule has 3 amide bonds. The predicted octanol–water partition coefficient (Wildman–Crippen LogP) is 2.75. The molecule has 1 atom stereocenters. The Bertz CT molecular complexity index is 1510. The zero-order valence-electron chi connectivity index (χ0n) is 19.4. The fourth-order valence-electron chi connectivity index (χ4n) is 3.86. The first-order valence-electron chi connectivity index (χ1n) is 10.4. The van der Waals surface area contributed by atoms with Crippen molar-refractivity contribution in [3.05, 3.63) is 70.4 Å². The number of sulfonamides is 1. The van der Waals surface area contributed by atoms with E-state index in [0.717, 1.165) is 34.1 Å². The van der Waals surface area contributed by atoms with Gasteiger partial charge in [0.2, 0.25) is 15.9 Å². The van der Waals surface area contributed by atoms with E-state index in [1.165, 1.54) is 32.2 Å². The third-order valence-electron chi connectivity index (χ3n) is 5.59. The maximum atomic E-state index is 13.4. The lowest BCUT2D eigenvalue weighted by Crippen LogP contribution is -2.48. The molecule has 10 nitrogen and oxygen atoms in total. The van der Waals surface area contributed by atoms with Gasteiger partial charge in [0.1, 0.15) is 0 Å². The molecule has 14 heteroatoms. The van der Waals surface area contributed by atoms with Crippen molar-refractivity contribution in [2.45, 2.75) is 24.0 Å². The number of nitrogens with two attached hydrogens (primary N) is 1. The Morgan fingerprint density at radius 2 is 1.84 bits per heavy atom. The van der Waals surface area contributed by atoms with Gasteiger partial charge in [-0.3, -0.25) is 9.69 Å². The summed E-state index contributed by atoms with van der Waals surface area (Å²) in [7, 11) is -3.20. The fraction of sp³-hybridized carbons (Fsp3) is 0.217. The van der Waals surface area contributed by atoms with Crippen molar-refractivity contribution in [3.63, 3.8) is 0 Å². The molecule has 1 unspecified atom stereocenters. The van der Waals surface area contributed by atoms with Crippen LogP contribution in [0.15, 0.2) is 58.6 Å². The number of hydrogen-bond acceptors (Lipinski definition) is 6. The van der Waals surface area contributed by atoms with Crippen LogP contribution in [-0.2, 0) is 21.0 Å². The summed E-state index contributed by atoms with van der Waals surface area (Å²) in [5.41, 5.74) is 3.59. The molecule has 1 aliphatic heterocycles. The number of allylic oxidation sites excluding steroid dienone is 1. The molecule has 2 aromatic carbocycles. The molecule has 0 aromatic heterocycles. The van der Waals surface area contributed by atoms with Crippen LogP contribution in [0.25, 0.3) is 0 Å². The molecule has 0 radical (unpaired) electrons. The topological polar surface area (TPSA) is 160 Å². The zero-order chi connectivity index (χ0) is 27.7. The summed E-state index contributed by atoms with van der Waals surface area (Å²) in [6, 6.07) is 9.12. The molecule has 37 heavy (non-hydrogen) atoms. The quantitative estimate of drug-likeness (QED) is 0.582. The summed E-state index contributed by atoms with van der Waals surface area (Å²) in [5.74, 6) is -0.975. The monoisotopic (exact) mass is 532 g/mol. The van der Waals surface area contributed by atoms with E-state index in [-0.39, 0.29) is 28.1 Å². The molecular formula is C23H19F3N6O4S. The van der Waals surface area contributed by atoms with E-state index < -0.39 is 51.2 Å². The van der Waals surface area contributed by atoms with Gasteiger partial charge in [0.25, 0.3) is 0 Å². The number of benzene rings is 2. The summed E-state index contributed by atoms with van der Waals surface area (Å²) >= 11 is 0. The highest BCUT2D eigenvalue weighted by molar-refractivity contribution is 7.89. The minimum absolute atomic E-state index is 0.0206. The van der Waals surface area contributed by atoms with Crippen LogP contribution in [-0.4, -0.2) is 38.8 Å². The highest BCUT2D eigenvalue weighted by atomic mass is 32.2. The summed E-state index contributed by atoms with van der Waals surface area (Å²) in [6.07, 6.45) is -4.68. The van der Waals surface area contributed by atoms with Crippen LogP contribution >= 0.6 is 0 Å². The fourth-order valence-corrected chi connectivity index (χ4v) is 5.12. The largest absolute Gasteiger partial charge is 0.416 e. The van der Waals surface area contributed by atoms with Crippen LogP contribution in [0.4, 0.5) is 23.7 Å². The Hall–Kier alpha value is -4.40. The normalized spacial score (nSPS) is 16.4. The van der Waals surface area contributed by atoms with Crippen molar-refractivity contribution in [1.82, 2.24) is 9.62 Å². The van der Waals surface area contributed by atoms with Crippen molar-refractivity contribution in [2.75, 3.05) is 18.5 Å². The van der Waals surface area contributed by atoms with Gasteiger partial charge in [0, 0.05) is 18.3 Å². The lowest BCUT2D eigenvalue weighted by Gasteiger charge is -2.40. The van der Waals surface area contributed by atoms with Gasteiger partial charge in [-0.25, -0.2) is 17.9 Å². The van der Waals surface area contributed by atoms with Crippen LogP contribution in [0.5, 0.6) is 0 Å². The van der Waals surface area contributed by atoms with E-state index in [4.69, 9.17) is 5.73 Å². The first-order chi connectivity index (χ1) is 17.2. The van der Waals surface area contributed by atoms with Crippen LogP contribution in [0.3, 0.4) is 0 Å². The number of nitrogens with zero attached hydrogens (tertiary/aromatic N) is 4. The molecule has 0 spiro atoms. The van der Waals surface area contributed by atoms with Crippen molar-refractivity contribution in [2.24, 2.45) is 5.73 Å². The number of anilines is 1. The van der Waals surface area contributed by atoms with E-state index in [2.05, 4.69) is 0 Å². The highest BCUT2D eigenvalue weighted by Crippen LogP contribution is 2.41. The Morgan fingerprint density at radius 1 is 1.16 bits per heavy atom. The number of halogens is 3. The molecular weight excluding hydrogens is 513 g/mol. The number of urea groups is 1. The smallest absolute Gasteiger partial charge is 0.369 e. The summed E-state index contributed by atoms with van der Waals surface area (Å²) in [6.45, 7) is 0.598. The lowest BCUT2D eigenvalue weighted by atomic mass is 9.93. The second-order valence-electron chi connectivity index (χ2n) is 7.95. The first kappa shape index (κ1) is 27.2. The predicted molar refractivity (Wildman–Crippen MR) is 124 cm³/mol. The van der Waals surface area contributed by atoms with Gasteiger partial charge >= 0.3 is 12.2 Å². The SMILES string of the molecule is CC1=C(C#N)C(c2ccc(C#N)cc2S(=O)(=O)NCC(N)=O)N(C)C(=O)N1c1cccc(C(F)(F)F)c1. The molecule has 3 rings (SSSR count). The number of nitrogens with one attached hydrogen (secondary N) is 1. The number of rotatable bonds is 6. The van der Waals surface area contributed by atoms with Gasteiger partial charge in [0.05, 0.1) is 52.0 Å². The number of carbonyl (C=O) groups excluding carboxylic acids is 2. The van der Waals surface area contributed by atoms with E-state index in [0.29, 0.717) is 0 Å². The number of likely N-dealkylation sites (N-methyl/N-ethyl adjacent to an activating group) is 1. The number of hydrogen-bond donors (Lipinski definition) is 2. The molecule has 0 bridgehead atoms. The molecule has 0 saturated heterocycles. The van der Waals surface area contributed by atoms with Gasteiger partial charge in [-0.2, -0.15) is 23.7 Å². The Labute approximate surface area is 210 Å². The Morgan fingerprint density at radius 3 is 2.41 bits per heavy atom. The summed E-state index contributed by atoms with van der Waals surface area (Å²) in [4.78, 5) is 26.0. The first-order valence-corrected chi connectivity index (χ1v) is 11.9. The Kier molecular flexibility index (Phi) is 7.29. The molecule has 192 valence electrons. The van der Waals surface area contributed by atoms with Gasteiger partial charge in [0.15, 0.2) is 0 Å². The second-order valence-corrected chi connectivity index (χ2v) is 9.68. The number of amides is 3. The summed E-state index contributed by atoms with van der Waals surface area (Å²) < 4.78 is 67.8. The van der Waals surface area contributed by atoms with Crippen molar-refractivity contribution in [3.8, 4) is 12.1 Å². The maximum absolute atomic E-state index is 13.4. The van der Waals surface area contributed by atoms with Gasteiger partial charge in [-0.1, -0.05) is 12.1 Å². The molecule has 1 aliphatic rings. The minimum atomic E-state index is -4.68. The third-order valence-corrected chi connectivity index (χ3v) is 7.05. The van der Waals surface area contributed by atoms with Crippen LogP contribution in [0, 0.1) is 22.7 Å². The lowest BCUT2D eigenvalue weighted by molar-refractivity contribution is -0.137. The average Bonchev–Trinajstić information content (AvgIpc) is 2.84. The van der Waals surface area contributed by atoms with Gasteiger partial charge < -0.3 is 10.6 Å². The number of nitriles is 2. The molecule has 3 N–H and O–H groups in total. The van der Waals surface area contributed by atoms with Crippen molar-refractivity contribution in [1.29, 1.82) is 10.5 Å². The average molecular weight is 533 g/mol. The third kappa shape index (κ3) is 5.25. The van der Waals surface area contributed by atoms with Crippen molar-refractivity contribution < 1.29 is 31.2 Å². The second kappa shape index (κ2) is 9.93. The minimum Gasteiger partial charge on any atom is -0.369 e. The van der Waals surface area contributed by atoms with E-state index >= 15 is 0 Å². The number of carbonyl (C=O) groups is 2. The van der Waals surface area contributed by atoms with Gasteiger partial charge in [-0.05, 0) is 37.3 Å². The van der Waals surface area contributed by atoms with Gasteiger partial charge in [-0.15, -0.1) is 0 Å². The Balaban J connectivity index is 2.23. The van der Waals surface area contributed by atoms with E-state index in [1.54, 1.807) is 6.07 Å². The summed E-state index contributed by atoms with van der Waals surface area (Å²) in [5, 5.41) is 19.3. The van der Waals surface area contributed by atoms with Crippen molar-refractivity contribution >= 4 is 27.6 Å². The van der Waals surface area contributed by atoms with E-state index in [1.807, 2.05) is 10.8 Å². The van der Waals surface area contributed by atoms with Crippen LogP contribution < -0.4 is 15.4 Å². The number of primary amides is 1. The molecule has 2 aromatic rings. The molecule has 1 heterocycles. The zero-order valence-corrected chi connectivity index (χ0v) is 20.2. The molecule has 0 aliphatic carbocycles. The van der Waals surface area contributed by atoms with E-state index in [9.17, 15) is 41.7 Å². The highest BCUT2D eigenvalue weighted by Gasteiger charge is 2.41.